The van der Waals surface area contributed by atoms with Crippen molar-refractivity contribution < 1.29 is 63.5 Å². The first-order valence-corrected chi connectivity index (χ1v) is 28.3. The van der Waals surface area contributed by atoms with E-state index in [9.17, 15) is 54.0 Å². The number of benzene rings is 2. The Labute approximate surface area is 474 Å². The monoisotopic (exact) mass is 1130 g/mol. The summed E-state index contributed by atoms with van der Waals surface area (Å²) in [6, 6.07) is 12.5. The number of carboxylic acid groups (broad SMARTS) is 4. The number of carbonyl (C=O) groups excluding carboxylic acids is 3. The lowest BCUT2D eigenvalue weighted by molar-refractivity contribution is -0.163. The SMILES string of the molecule is COc1cccc(OC)c1-c1cc(C(=O)NC2(C(=O)O)C3CC4CC(C3)CC2C4)nn1-c1ccc(C(=O)N(C)CCCN(C)CCCN(C)C(=O)CN2CCN(CC(=O)O)CCN(CC(=O)O)CCN(CC(=O)O)CC2)cc1C(C)C. The van der Waals surface area contributed by atoms with E-state index in [2.05, 4.69) is 10.2 Å². The first kappa shape index (κ1) is 61.9. The third kappa shape index (κ3) is 15.5. The van der Waals surface area contributed by atoms with Crippen molar-refractivity contribution in [3.05, 3.63) is 59.3 Å². The highest BCUT2D eigenvalue weighted by molar-refractivity contribution is 5.98. The van der Waals surface area contributed by atoms with Crippen LogP contribution in [-0.2, 0) is 24.0 Å². The van der Waals surface area contributed by atoms with Crippen LogP contribution in [0.25, 0.3) is 16.9 Å². The molecule has 0 radical (unpaired) electrons. The quantitative estimate of drug-likeness (QED) is 0.0813. The van der Waals surface area contributed by atoms with Crippen molar-refractivity contribution in [3.63, 3.8) is 0 Å². The van der Waals surface area contributed by atoms with Crippen LogP contribution >= 0.6 is 0 Å². The molecular weight excluding hydrogens is 1040 g/mol. The molecule has 5 fully saturated rings. The lowest BCUT2D eigenvalue weighted by Crippen LogP contribution is -2.70. The van der Waals surface area contributed by atoms with Crippen LogP contribution in [0.5, 0.6) is 11.5 Å². The van der Waals surface area contributed by atoms with E-state index in [4.69, 9.17) is 14.6 Å². The molecule has 4 bridgehead atoms. The molecule has 5 aliphatic rings. The van der Waals surface area contributed by atoms with Crippen molar-refractivity contribution in [2.75, 3.05) is 140 Å². The first-order valence-electron chi connectivity index (χ1n) is 28.3. The predicted octanol–water partition coefficient (Wildman–Crippen LogP) is 3.41. The maximum atomic E-state index is 14.5. The summed E-state index contributed by atoms with van der Waals surface area (Å²) in [5.41, 5.74) is 1.59. The zero-order valence-electron chi connectivity index (χ0n) is 48.2. The van der Waals surface area contributed by atoms with Crippen molar-refractivity contribution in [2.45, 2.75) is 70.3 Å². The van der Waals surface area contributed by atoms with Gasteiger partial charge < -0.3 is 49.9 Å². The Balaban J connectivity index is 0.964. The molecule has 5 N–H and O–H groups in total. The number of carboxylic acids is 4. The number of hydrogen-bond donors (Lipinski definition) is 5. The molecular formula is C58H84N10O13. The van der Waals surface area contributed by atoms with E-state index in [0.717, 1.165) is 37.7 Å². The van der Waals surface area contributed by atoms with Gasteiger partial charge in [-0.15, -0.1) is 0 Å². The number of hydrogen-bond acceptors (Lipinski definition) is 15. The van der Waals surface area contributed by atoms with Gasteiger partial charge in [0.25, 0.3) is 11.8 Å². The second kappa shape index (κ2) is 27.9. The van der Waals surface area contributed by atoms with Crippen LogP contribution in [-0.4, -0.2) is 252 Å². The molecule has 444 valence electrons. The second-order valence-electron chi connectivity index (χ2n) is 23.1. The van der Waals surface area contributed by atoms with E-state index in [1.165, 1.54) is 0 Å². The highest BCUT2D eigenvalue weighted by atomic mass is 16.5. The predicted molar refractivity (Wildman–Crippen MR) is 301 cm³/mol. The van der Waals surface area contributed by atoms with Gasteiger partial charge in [-0.25, -0.2) is 9.48 Å². The topological polar surface area (TPSA) is 271 Å². The molecule has 2 aromatic carbocycles. The number of nitrogens with zero attached hydrogens (tertiary/aromatic N) is 9. The Morgan fingerprint density at radius 3 is 1.56 bits per heavy atom. The molecule has 4 aliphatic carbocycles. The standard InChI is InChI=1S/C58H84N10O13/c1-38(2)44-32-41(13-14-46(44)68-47(54-48(80-6)11-8-12-49(54)81-7)33-45(60-68)55(76)59-58(57(78)79)42-28-39-27-40(30-42)31-43(58)29-39)56(77)63(5)18-10-16-61(3)15-9-17-62(4)50(69)34-64-19-21-65(35-51(70)71)23-25-67(37-53(74)75)26-24-66(22-20-64)36-52(72)73/h8,11-14,32-33,38-40,42-43H,9-10,15-31,34-37H2,1-7H3,(H,59,76)(H,70,71)(H,72,73)(H,74,75)(H,78,79). The molecule has 0 spiro atoms. The minimum atomic E-state index is -1.38. The number of likely N-dealkylation sites (N-methyl/N-ethyl adjacent to an activating group) is 1. The fraction of sp³-hybridized carbons (Fsp3) is 0.621. The van der Waals surface area contributed by atoms with Gasteiger partial charge in [-0.05, 0) is 137 Å². The Kier molecular flexibility index (Phi) is 21.3. The van der Waals surface area contributed by atoms with Crippen molar-refractivity contribution in [1.82, 2.24) is 49.4 Å². The normalized spacial score (nSPS) is 22.0. The Morgan fingerprint density at radius 1 is 0.642 bits per heavy atom. The van der Waals surface area contributed by atoms with E-state index in [1.807, 2.05) is 37.9 Å². The molecule has 81 heavy (non-hydrogen) atoms. The molecule has 8 rings (SSSR count). The number of aliphatic carboxylic acids is 4. The summed E-state index contributed by atoms with van der Waals surface area (Å²) < 4.78 is 13.3. The molecule has 23 nitrogen and oxygen atoms in total. The van der Waals surface area contributed by atoms with Crippen molar-refractivity contribution >= 4 is 41.6 Å². The van der Waals surface area contributed by atoms with Crippen LogP contribution in [0.4, 0.5) is 0 Å². The van der Waals surface area contributed by atoms with Crippen molar-refractivity contribution in [2.24, 2.45) is 23.7 Å². The molecule has 3 amide bonds. The third-order valence-electron chi connectivity index (χ3n) is 17.1. The average Bonchev–Trinajstić information content (AvgIpc) is 4.06. The zero-order chi connectivity index (χ0) is 58.7. The fourth-order valence-corrected chi connectivity index (χ4v) is 12.9. The second-order valence-corrected chi connectivity index (χ2v) is 23.1. The van der Waals surface area contributed by atoms with Crippen LogP contribution in [0, 0.1) is 23.7 Å². The smallest absolute Gasteiger partial charge is 0.330 e. The lowest BCUT2D eigenvalue weighted by Gasteiger charge is -2.59. The van der Waals surface area contributed by atoms with E-state index in [0.29, 0.717) is 124 Å². The minimum Gasteiger partial charge on any atom is -0.496 e. The van der Waals surface area contributed by atoms with Crippen LogP contribution in [0.15, 0.2) is 42.5 Å². The van der Waals surface area contributed by atoms with E-state index >= 15 is 0 Å². The molecule has 1 aliphatic heterocycles. The molecule has 4 saturated carbocycles. The van der Waals surface area contributed by atoms with Crippen molar-refractivity contribution in [1.29, 1.82) is 0 Å². The molecule has 2 heterocycles. The van der Waals surface area contributed by atoms with Gasteiger partial charge in [0.2, 0.25) is 5.91 Å². The number of methoxy groups -OCH3 is 2. The Bertz CT molecular complexity index is 2650. The summed E-state index contributed by atoms with van der Waals surface area (Å²) in [5, 5.41) is 47.5. The molecule has 0 atom stereocenters. The maximum Gasteiger partial charge on any atom is 0.330 e. The molecule has 23 heteroatoms. The Morgan fingerprint density at radius 2 is 1.11 bits per heavy atom. The van der Waals surface area contributed by atoms with E-state index < -0.39 is 35.3 Å². The van der Waals surface area contributed by atoms with Gasteiger partial charge in [-0.3, -0.25) is 48.4 Å². The lowest BCUT2D eigenvalue weighted by atomic mass is 9.48. The van der Waals surface area contributed by atoms with Gasteiger partial charge in [0.15, 0.2) is 5.69 Å². The summed E-state index contributed by atoms with van der Waals surface area (Å²) in [6.45, 7) is 8.17. The van der Waals surface area contributed by atoms with Crippen LogP contribution in [0.1, 0.15) is 91.1 Å². The van der Waals surface area contributed by atoms with E-state index in [1.54, 1.807) is 87.8 Å². The third-order valence-corrected chi connectivity index (χ3v) is 17.1. The summed E-state index contributed by atoms with van der Waals surface area (Å²) in [4.78, 5) is 103. The number of aromatic nitrogens is 2. The van der Waals surface area contributed by atoms with Gasteiger partial charge in [-0.2, -0.15) is 5.10 Å². The Hall–Kier alpha value is -6.66. The number of nitrogens with one attached hydrogen (secondary N) is 1. The largest absolute Gasteiger partial charge is 0.496 e. The van der Waals surface area contributed by atoms with Crippen LogP contribution < -0.4 is 14.8 Å². The summed E-state index contributed by atoms with van der Waals surface area (Å²) in [7, 11) is 8.60. The van der Waals surface area contributed by atoms with Crippen LogP contribution in [0.2, 0.25) is 0 Å². The van der Waals surface area contributed by atoms with Gasteiger partial charge in [0, 0.05) is 85.1 Å². The summed E-state index contributed by atoms with van der Waals surface area (Å²) in [5.74, 6) is -3.41. The van der Waals surface area contributed by atoms with Crippen molar-refractivity contribution in [3.8, 4) is 28.4 Å². The molecule has 1 saturated heterocycles. The first-order chi connectivity index (χ1) is 38.6. The summed E-state index contributed by atoms with van der Waals surface area (Å²) in [6.07, 6.45) is 5.62. The van der Waals surface area contributed by atoms with E-state index in [-0.39, 0.29) is 74.5 Å². The minimum absolute atomic E-state index is 0.0434. The molecule has 0 unspecified atom stereocenters. The maximum absolute atomic E-state index is 14.5. The molecule has 1 aromatic heterocycles. The molecule has 3 aromatic rings. The number of ether oxygens (including phenoxy) is 2. The van der Waals surface area contributed by atoms with Gasteiger partial charge in [0.1, 0.15) is 17.0 Å². The van der Waals surface area contributed by atoms with Gasteiger partial charge >= 0.3 is 23.9 Å². The summed E-state index contributed by atoms with van der Waals surface area (Å²) >= 11 is 0. The number of carbonyl (C=O) groups is 7. The highest BCUT2D eigenvalue weighted by Gasteiger charge is 2.62. The van der Waals surface area contributed by atoms with Crippen LogP contribution in [0.3, 0.4) is 0 Å². The number of rotatable bonds is 25. The van der Waals surface area contributed by atoms with Gasteiger partial charge in [0.05, 0.1) is 57.3 Å². The average molecular weight is 1130 g/mol. The fourth-order valence-electron chi connectivity index (χ4n) is 12.9. The van der Waals surface area contributed by atoms with Gasteiger partial charge in [-0.1, -0.05) is 19.9 Å². The zero-order valence-corrected chi connectivity index (χ0v) is 48.2. The number of amides is 3. The highest BCUT2D eigenvalue weighted by Crippen LogP contribution is 2.58.